The molecule has 0 radical (unpaired) electrons. The zero-order valence-corrected chi connectivity index (χ0v) is 20.2. The zero-order chi connectivity index (χ0) is 24.4. The number of rotatable bonds is 6. The summed E-state index contributed by atoms with van der Waals surface area (Å²) in [7, 11) is 0. The summed E-state index contributed by atoms with van der Waals surface area (Å²) in [6, 6.07) is 14.5. The number of esters is 1. The SMILES string of the molecule is CCCN1CC(C(c2cccc(Cl)c2)c2cccc(Cl)c2)n2ncc(=O)c(OC(C)=O)c2C1=O. The fourth-order valence-corrected chi connectivity index (χ4v) is 4.82. The molecule has 0 saturated heterocycles. The van der Waals surface area contributed by atoms with Crippen molar-refractivity contribution in [3.8, 4) is 5.75 Å². The van der Waals surface area contributed by atoms with Gasteiger partial charge in [-0.2, -0.15) is 5.10 Å². The van der Waals surface area contributed by atoms with Gasteiger partial charge in [0.05, 0.1) is 12.2 Å². The van der Waals surface area contributed by atoms with E-state index >= 15 is 0 Å². The molecule has 0 N–H and O–H groups in total. The van der Waals surface area contributed by atoms with Crippen LogP contribution in [0, 0.1) is 0 Å². The van der Waals surface area contributed by atoms with E-state index in [1.165, 1.54) is 11.6 Å². The standard InChI is InChI=1S/C25H23Cl2N3O4/c1-3-10-29-14-20(30-23(25(29)33)24(34-15(2)31)21(32)13-28-30)22(16-6-4-8-18(26)11-16)17-7-5-9-19(27)12-17/h4-9,11-13,20,22H,3,10,14H2,1-2H3. The van der Waals surface area contributed by atoms with Crippen LogP contribution < -0.4 is 10.2 Å². The van der Waals surface area contributed by atoms with E-state index in [9.17, 15) is 14.4 Å². The van der Waals surface area contributed by atoms with Gasteiger partial charge in [-0.15, -0.1) is 0 Å². The third-order valence-corrected chi connectivity index (χ3v) is 6.19. The summed E-state index contributed by atoms with van der Waals surface area (Å²) < 4.78 is 6.72. The lowest BCUT2D eigenvalue weighted by Crippen LogP contribution is -2.47. The van der Waals surface area contributed by atoms with Crippen LogP contribution >= 0.6 is 23.2 Å². The summed E-state index contributed by atoms with van der Waals surface area (Å²) >= 11 is 12.7. The Labute approximate surface area is 206 Å². The summed E-state index contributed by atoms with van der Waals surface area (Å²) in [6.45, 7) is 3.95. The summed E-state index contributed by atoms with van der Waals surface area (Å²) in [5, 5.41) is 5.46. The molecule has 0 aliphatic carbocycles. The van der Waals surface area contributed by atoms with Gasteiger partial charge in [-0.05, 0) is 41.8 Å². The van der Waals surface area contributed by atoms with Crippen molar-refractivity contribution in [1.82, 2.24) is 14.7 Å². The molecule has 1 aliphatic heterocycles. The minimum Gasteiger partial charge on any atom is -0.420 e. The van der Waals surface area contributed by atoms with Gasteiger partial charge in [-0.25, -0.2) is 0 Å². The molecular formula is C25H23Cl2N3O4. The molecule has 176 valence electrons. The minimum absolute atomic E-state index is 0.0403. The second-order valence-electron chi connectivity index (χ2n) is 8.13. The maximum atomic E-state index is 13.4. The van der Waals surface area contributed by atoms with Gasteiger partial charge in [0.15, 0.2) is 5.69 Å². The largest absolute Gasteiger partial charge is 0.420 e. The molecule has 2 aromatic carbocycles. The summed E-state index contributed by atoms with van der Waals surface area (Å²) in [5.41, 5.74) is 1.12. The molecule has 34 heavy (non-hydrogen) atoms. The average molecular weight is 500 g/mol. The Hall–Kier alpha value is -3.16. The maximum absolute atomic E-state index is 13.4. The van der Waals surface area contributed by atoms with E-state index in [1.54, 1.807) is 17.0 Å². The molecule has 4 rings (SSSR count). The normalized spacial score (nSPS) is 15.4. The molecule has 0 spiro atoms. The molecule has 9 heteroatoms. The Bertz CT molecular complexity index is 1260. The quantitative estimate of drug-likeness (QED) is 0.458. The molecule has 0 bridgehead atoms. The third kappa shape index (κ3) is 4.72. The monoisotopic (exact) mass is 499 g/mol. The lowest BCUT2D eigenvalue weighted by Gasteiger charge is -2.39. The minimum atomic E-state index is -0.690. The predicted molar refractivity (Wildman–Crippen MR) is 130 cm³/mol. The van der Waals surface area contributed by atoms with E-state index < -0.39 is 23.3 Å². The third-order valence-electron chi connectivity index (χ3n) is 5.72. The molecule has 3 aromatic rings. The van der Waals surface area contributed by atoms with Gasteiger partial charge in [-0.1, -0.05) is 54.4 Å². The van der Waals surface area contributed by atoms with E-state index in [2.05, 4.69) is 5.10 Å². The second-order valence-corrected chi connectivity index (χ2v) is 9.00. The number of hydrogen-bond donors (Lipinski definition) is 0. The molecule has 1 unspecified atom stereocenters. The lowest BCUT2D eigenvalue weighted by molar-refractivity contribution is -0.132. The van der Waals surface area contributed by atoms with Crippen molar-refractivity contribution in [3.63, 3.8) is 0 Å². The van der Waals surface area contributed by atoms with Crippen LogP contribution in [-0.2, 0) is 4.79 Å². The van der Waals surface area contributed by atoms with Crippen LogP contribution in [0.4, 0.5) is 0 Å². The van der Waals surface area contributed by atoms with E-state index in [0.717, 1.165) is 17.3 Å². The Kier molecular flexibility index (Phi) is 7.05. The first-order valence-electron chi connectivity index (χ1n) is 10.9. The van der Waals surface area contributed by atoms with Crippen molar-refractivity contribution in [2.75, 3.05) is 13.1 Å². The molecule has 0 saturated carbocycles. The first kappa shape index (κ1) is 24.0. The summed E-state index contributed by atoms with van der Waals surface area (Å²) in [5.74, 6) is -1.72. The van der Waals surface area contributed by atoms with E-state index in [4.69, 9.17) is 27.9 Å². The van der Waals surface area contributed by atoms with Crippen molar-refractivity contribution in [1.29, 1.82) is 0 Å². The summed E-state index contributed by atoms with van der Waals surface area (Å²) in [4.78, 5) is 39.4. The van der Waals surface area contributed by atoms with Gasteiger partial charge >= 0.3 is 5.97 Å². The van der Waals surface area contributed by atoms with Gasteiger partial charge in [0, 0.05) is 36.0 Å². The van der Waals surface area contributed by atoms with Crippen molar-refractivity contribution < 1.29 is 14.3 Å². The van der Waals surface area contributed by atoms with Crippen LogP contribution in [0.15, 0.2) is 59.5 Å². The fourth-order valence-electron chi connectivity index (χ4n) is 4.42. The van der Waals surface area contributed by atoms with Crippen molar-refractivity contribution in [3.05, 3.63) is 91.8 Å². The number of halogens is 2. The predicted octanol–water partition coefficient (Wildman–Crippen LogP) is 4.71. The maximum Gasteiger partial charge on any atom is 0.308 e. The highest BCUT2D eigenvalue weighted by Gasteiger charge is 2.40. The Morgan fingerprint density at radius 3 is 2.26 bits per heavy atom. The highest BCUT2D eigenvalue weighted by atomic mass is 35.5. The van der Waals surface area contributed by atoms with Gasteiger partial charge < -0.3 is 9.64 Å². The van der Waals surface area contributed by atoms with Crippen molar-refractivity contribution in [2.45, 2.75) is 32.2 Å². The molecule has 1 aliphatic rings. The molecule has 2 heterocycles. The zero-order valence-electron chi connectivity index (χ0n) is 18.7. The number of nitrogens with zero attached hydrogens (tertiary/aromatic N) is 3. The first-order chi connectivity index (χ1) is 16.3. The molecule has 1 aromatic heterocycles. The van der Waals surface area contributed by atoms with Crippen LogP contribution in [0.1, 0.15) is 53.8 Å². The smallest absolute Gasteiger partial charge is 0.308 e. The van der Waals surface area contributed by atoms with Crippen molar-refractivity contribution >= 4 is 35.1 Å². The number of carbonyl (C=O) groups excluding carboxylic acids is 2. The number of aromatic nitrogens is 2. The number of fused-ring (bicyclic) bond motifs is 1. The number of ether oxygens (including phenoxy) is 1. The Morgan fingerprint density at radius 2 is 1.74 bits per heavy atom. The van der Waals surface area contributed by atoms with E-state index in [1.807, 2.05) is 43.3 Å². The van der Waals surface area contributed by atoms with Crippen LogP contribution in [0.5, 0.6) is 5.75 Å². The topological polar surface area (TPSA) is 81.5 Å². The number of benzene rings is 2. The summed E-state index contributed by atoms with van der Waals surface area (Å²) in [6.07, 6.45) is 1.79. The number of carbonyl (C=O) groups is 2. The molecule has 7 nitrogen and oxygen atoms in total. The van der Waals surface area contributed by atoms with E-state index in [-0.39, 0.29) is 17.4 Å². The van der Waals surface area contributed by atoms with Crippen LogP contribution in [0.2, 0.25) is 10.0 Å². The second kappa shape index (κ2) is 9.99. The highest BCUT2D eigenvalue weighted by molar-refractivity contribution is 6.31. The van der Waals surface area contributed by atoms with Gasteiger partial charge in [0.1, 0.15) is 0 Å². The van der Waals surface area contributed by atoms with Crippen molar-refractivity contribution in [2.24, 2.45) is 0 Å². The lowest BCUT2D eigenvalue weighted by atomic mass is 9.83. The number of hydrogen-bond acceptors (Lipinski definition) is 5. The molecule has 0 fully saturated rings. The fraction of sp³-hybridized carbons (Fsp3) is 0.280. The highest BCUT2D eigenvalue weighted by Crippen LogP contribution is 2.40. The van der Waals surface area contributed by atoms with Crippen LogP contribution in [-0.4, -0.2) is 39.6 Å². The van der Waals surface area contributed by atoms with E-state index in [0.29, 0.717) is 29.6 Å². The first-order valence-corrected chi connectivity index (χ1v) is 11.7. The van der Waals surface area contributed by atoms with Gasteiger partial charge in [0.25, 0.3) is 5.91 Å². The van der Waals surface area contributed by atoms with Crippen LogP contribution in [0.3, 0.4) is 0 Å². The van der Waals surface area contributed by atoms with Crippen LogP contribution in [0.25, 0.3) is 0 Å². The number of amides is 1. The Morgan fingerprint density at radius 1 is 1.12 bits per heavy atom. The molecule has 1 amide bonds. The van der Waals surface area contributed by atoms with Gasteiger partial charge in [0.2, 0.25) is 11.2 Å². The molecular weight excluding hydrogens is 477 g/mol. The molecule has 1 atom stereocenters. The Balaban J connectivity index is 1.98. The average Bonchev–Trinajstić information content (AvgIpc) is 2.78. The van der Waals surface area contributed by atoms with Gasteiger partial charge in [-0.3, -0.25) is 19.1 Å².